The van der Waals surface area contributed by atoms with Crippen LogP contribution < -0.4 is 0 Å². The van der Waals surface area contributed by atoms with Crippen molar-refractivity contribution >= 4 is 87.6 Å². The third kappa shape index (κ3) is 7.80. The number of furan rings is 3. The van der Waals surface area contributed by atoms with Crippen LogP contribution in [-0.4, -0.2) is 4.57 Å². The lowest BCUT2D eigenvalue weighted by molar-refractivity contribution is 0.598. The molecule has 0 radical (unpaired) electrons. The van der Waals surface area contributed by atoms with Crippen molar-refractivity contribution in [2.24, 2.45) is 0 Å². The lowest BCUT2D eigenvalue weighted by atomic mass is 9.72. The van der Waals surface area contributed by atoms with Crippen molar-refractivity contribution in [2.45, 2.75) is 95.8 Å². The molecule has 0 saturated heterocycles. The molecule has 0 N–H and O–H groups in total. The van der Waals surface area contributed by atoms with Gasteiger partial charge in [-0.3, -0.25) is 0 Å². The Bertz CT molecular complexity index is 6790. The van der Waals surface area contributed by atoms with Gasteiger partial charge in [0, 0.05) is 87.1 Å². The van der Waals surface area contributed by atoms with Crippen LogP contribution in [-0.2, 0) is 34.5 Å². The highest BCUT2D eigenvalue weighted by atomic mass is 16.3. The van der Waals surface area contributed by atoms with Gasteiger partial charge in [0.2, 0.25) is 0 Å². The Balaban J connectivity index is 0.723. The van der Waals surface area contributed by atoms with E-state index < -0.39 is 0 Å². The third-order valence-electron chi connectivity index (χ3n) is 25.1. The molecule has 14 aromatic carbocycles. The quantitative estimate of drug-likeness (QED) is 0.152. The summed E-state index contributed by atoms with van der Waals surface area (Å²) < 4.78 is 23.7. The van der Waals surface area contributed by atoms with Gasteiger partial charge >= 0.3 is 0 Å². The smallest absolute Gasteiger partial charge is 0.144 e. The summed E-state index contributed by atoms with van der Waals surface area (Å²) in [7, 11) is 0. The molecule has 103 heavy (non-hydrogen) atoms. The van der Waals surface area contributed by atoms with Crippen molar-refractivity contribution < 1.29 is 13.3 Å². The average molecular weight is 1320 g/mol. The highest BCUT2D eigenvalue weighted by Crippen LogP contribution is 2.65. The number of fused-ring (bicyclic) bond motifs is 29. The molecule has 492 valence electrons. The van der Waals surface area contributed by atoms with Gasteiger partial charge in [0.25, 0.3) is 0 Å². The predicted molar refractivity (Wildman–Crippen MR) is 427 cm³/mol. The molecular formula is C99H73NO3. The number of hydrogen-bond acceptors (Lipinski definition) is 3. The Morgan fingerprint density at radius 2 is 0.738 bits per heavy atom. The van der Waals surface area contributed by atoms with Crippen LogP contribution in [0.3, 0.4) is 0 Å². The Hall–Kier alpha value is -11.7. The molecule has 4 aromatic heterocycles. The van der Waals surface area contributed by atoms with Crippen LogP contribution in [0, 0.1) is 0 Å². The average Bonchev–Trinajstić information content (AvgIpc) is 1.51. The van der Waals surface area contributed by atoms with E-state index in [4.69, 9.17) is 13.3 Å². The summed E-state index contributed by atoms with van der Waals surface area (Å²) in [6.07, 6.45) is 1.68. The van der Waals surface area contributed by atoms with Gasteiger partial charge in [0.1, 0.15) is 33.5 Å². The lowest BCUT2D eigenvalue weighted by Crippen LogP contribution is -2.24. The number of aromatic nitrogens is 1. The molecule has 4 nitrogen and oxygen atoms in total. The molecule has 0 fully saturated rings. The molecule has 0 aliphatic heterocycles. The second kappa shape index (κ2) is 20.5. The Kier molecular flexibility index (Phi) is 11.8. The third-order valence-corrected chi connectivity index (χ3v) is 25.1. The number of hydrogen-bond donors (Lipinski definition) is 0. The fourth-order valence-electron chi connectivity index (χ4n) is 20.4. The maximum Gasteiger partial charge on any atom is 0.144 e. The van der Waals surface area contributed by atoms with Crippen molar-refractivity contribution in [2.75, 3.05) is 0 Å². The van der Waals surface area contributed by atoms with Crippen molar-refractivity contribution in [1.29, 1.82) is 0 Å². The van der Waals surface area contributed by atoms with Crippen molar-refractivity contribution in [3.8, 4) is 72.4 Å². The topological polar surface area (TPSA) is 44.4 Å². The zero-order valence-corrected chi connectivity index (χ0v) is 59.1. The van der Waals surface area contributed by atoms with Gasteiger partial charge in [-0.1, -0.05) is 268 Å². The fraction of sp³-hybridized carbons (Fsp3) is 0.152. The lowest BCUT2D eigenvalue weighted by Gasteiger charge is -2.31. The first-order chi connectivity index (χ1) is 50.1. The molecule has 22 rings (SSSR count). The zero-order valence-electron chi connectivity index (χ0n) is 59.1. The van der Waals surface area contributed by atoms with Crippen molar-refractivity contribution in [3.63, 3.8) is 0 Å². The normalized spacial score (nSPS) is 15.5. The van der Waals surface area contributed by atoms with E-state index >= 15 is 0 Å². The summed E-state index contributed by atoms with van der Waals surface area (Å²) in [6, 6.07) is 100. The summed E-state index contributed by atoms with van der Waals surface area (Å²) in [6.45, 7) is 19.7. The predicted octanol–water partition coefficient (Wildman–Crippen LogP) is 26.6. The summed E-state index contributed by atoms with van der Waals surface area (Å²) in [5.74, 6) is 0.0981. The minimum atomic E-state index is -0.386. The number of nitrogens with zero attached hydrogens (tertiary/aromatic N) is 1. The maximum absolute atomic E-state index is 7.26. The van der Waals surface area contributed by atoms with Gasteiger partial charge in [-0.05, 0) is 185 Å². The summed E-state index contributed by atoms with van der Waals surface area (Å²) >= 11 is 0. The van der Waals surface area contributed by atoms with E-state index in [2.05, 4.69) is 327 Å². The van der Waals surface area contributed by atoms with Gasteiger partial charge in [-0.15, -0.1) is 0 Å². The first-order valence-electron chi connectivity index (χ1n) is 36.8. The van der Waals surface area contributed by atoms with E-state index in [1.54, 1.807) is 0 Å². The van der Waals surface area contributed by atoms with Gasteiger partial charge in [-0.2, -0.15) is 0 Å². The molecule has 4 aliphatic carbocycles. The van der Waals surface area contributed by atoms with E-state index in [0.717, 1.165) is 79.5 Å². The van der Waals surface area contributed by atoms with Crippen molar-refractivity contribution in [1.82, 2.24) is 4.57 Å². The Morgan fingerprint density at radius 3 is 1.38 bits per heavy atom. The molecule has 0 saturated carbocycles. The monoisotopic (exact) mass is 1320 g/mol. The van der Waals surface area contributed by atoms with Gasteiger partial charge < -0.3 is 17.8 Å². The highest BCUT2D eigenvalue weighted by molar-refractivity contribution is 6.25. The minimum Gasteiger partial charge on any atom is -0.455 e. The fourth-order valence-corrected chi connectivity index (χ4v) is 20.4. The van der Waals surface area contributed by atoms with Gasteiger partial charge in [0.15, 0.2) is 0 Å². The van der Waals surface area contributed by atoms with Crippen LogP contribution in [0.25, 0.3) is 160 Å². The van der Waals surface area contributed by atoms with Gasteiger partial charge in [0.05, 0.1) is 11.0 Å². The van der Waals surface area contributed by atoms with Crippen LogP contribution >= 0.6 is 0 Å². The summed E-state index contributed by atoms with van der Waals surface area (Å²) in [5, 5.41) is 9.53. The molecule has 18 aromatic rings. The largest absolute Gasteiger partial charge is 0.455 e. The van der Waals surface area contributed by atoms with E-state index in [-0.39, 0.29) is 27.6 Å². The van der Waals surface area contributed by atoms with E-state index in [9.17, 15) is 0 Å². The van der Waals surface area contributed by atoms with Gasteiger partial charge in [-0.25, -0.2) is 0 Å². The highest BCUT2D eigenvalue weighted by Gasteiger charge is 2.49. The number of benzene rings is 14. The SMILES string of the molecule is CC1(C)c2cc(CC(Cc3ccc4c(c3)C(C)(C)c3c5c(c6oc7ccccc7c6c3-4)-c3ccccc3C5(C)C)c3ccc4c(c3)C(C)(C)c3cc(-c5cccc6c5c5ccccc5n6-c5ccccc5)c5oc6ccccc6c5c3-4)ccc2-c2c1cc(-c1ccccc1)c1oc3ccccc3c21. The molecular weight excluding hydrogens is 1250 g/mol. The van der Waals surface area contributed by atoms with Crippen LogP contribution in [0.4, 0.5) is 0 Å². The zero-order chi connectivity index (χ0) is 68.9. The molecule has 4 heterocycles. The molecule has 1 atom stereocenters. The Morgan fingerprint density at radius 1 is 0.291 bits per heavy atom. The number of rotatable bonds is 8. The second-order valence-electron chi connectivity index (χ2n) is 32.1. The van der Waals surface area contributed by atoms with Crippen LogP contribution in [0.5, 0.6) is 0 Å². The molecule has 0 spiro atoms. The van der Waals surface area contributed by atoms with E-state index in [1.165, 1.54) is 155 Å². The van der Waals surface area contributed by atoms with Crippen molar-refractivity contribution in [3.05, 3.63) is 328 Å². The summed E-state index contributed by atoms with van der Waals surface area (Å²) in [5.41, 5.74) is 37.8. The molecule has 0 bridgehead atoms. The first kappa shape index (κ1) is 59.0. The van der Waals surface area contributed by atoms with E-state index in [1.807, 2.05) is 0 Å². The van der Waals surface area contributed by atoms with Crippen LogP contribution in [0.2, 0.25) is 0 Å². The second-order valence-corrected chi connectivity index (χ2v) is 32.1. The Labute approximate surface area is 598 Å². The summed E-state index contributed by atoms with van der Waals surface area (Å²) in [4.78, 5) is 0. The minimum absolute atomic E-state index is 0.0981. The standard InChI is InChI=1S/C99H73NO3/c1-96(2)73-50-55(42-45-63(73)84-76(96)53-70(57-26-11-9-12-27-57)93-87(84)67-32-17-22-39-80(67)101-93)48-59(49-56-43-46-65-74(51-56)99(7,8)91-86(65)89-69-34-19-24-41-82(69)103-95(89)90-62-30-15-20-36-72(62)98(5,6)92(90)91)58-44-47-64-75(52-58)97(3,4)77-54-71(94-88(85(64)77)68-33-18-23-40-81(68)102-94)61-35-25-38-79-83(61)66-31-16-21-37-78(66)100(79)60-28-13-10-14-29-60/h9-47,50-54,59H,48-49H2,1-8H3. The first-order valence-corrected chi connectivity index (χ1v) is 36.8. The van der Waals surface area contributed by atoms with Crippen LogP contribution in [0.1, 0.15) is 123 Å². The maximum atomic E-state index is 7.26. The van der Waals surface area contributed by atoms with Crippen LogP contribution in [0.15, 0.2) is 280 Å². The molecule has 4 aliphatic rings. The molecule has 1 unspecified atom stereocenters. The van der Waals surface area contributed by atoms with E-state index in [0.29, 0.717) is 0 Å². The molecule has 0 amide bonds. The molecule has 4 heteroatoms. The number of para-hydroxylation sites is 5.